The molecular weight excluding hydrogens is 422 g/mol. The lowest BCUT2D eigenvalue weighted by Crippen LogP contribution is -2.42. The predicted octanol–water partition coefficient (Wildman–Crippen LogP) is 2.14. The highest BCUT2D eigenvalue weighted by Gasteiger charge is 2.31. The Hall–Kier alpha value is -3.88. The second kappa shape index (κ2) is 9.72. The van der Waals surface area contributed by atoms with Crippen LogP contribution in [0.3, 0.4) is 0 Å². The zero-order chi connectivity index (χ0) is 23.4. The van der Waals surface area contributed by atoms with Crippen molar-refractivity contribution >= 4 is 17.5 Å². The number of benzene rings is 1. The summed E-state index contributed by atoms with van der Waals surface area (Å²) in [6.45, 7) is 1.26. The Morgan fingerprint density at radius 2 is 1.97 bits per heavy atom. The zero-order valence-electron chi connectivity index (χ0n) is 18.5. The number of nitrogens with two attached hydrogens (primary N) is 1. The fraction of sp³-hybridized carbons (Fsp3) is 0.333. The number of aromatic nitrogens is 3. The van der Waals surface area contributed by atoms with Crippen LogP contribution >= 0.6 is 0 Å². The second-order valence-electron chi connectivity index (χ2n) is 8.08. The van der Waals surface area contributed by atoms with Gasteiger partial charge >= 0.3 is 0 Å². The first-order valence-electron chi connectivity index (χ1n) is 10.9. The Kier molecular flexibility index (Phi) is 6.58. The number of carbonyl (C=O) groups is 2. The van der Waals surface area contributed by atoms with E-state index in [1.165, 1.54) is 21.5 Å². The van der Waals surface area contributed by atoms with Gasteiger partial charge in [-0.1, -0.05) is 6.07 Å². The molecule has 9 heteroatoms. The van der Waals surface area contributed by atoms with E-state index in [1.807, 2.05) is 12.1 Å². The van der Waals surface area contributed by atoms with Gasteiger partial charge in [0.1, 0.15) is 11.6 Å². The van der Waals surface area contributed by atoms with Gasteiger partial charge in [-0.05, 0) is 43.2 Å². The Labute approximate surface area is 191 Å². The number of methoxy groups -OCH3 is 1. The molecule has 1 aromatic carbocycles. The van der Waals surface area contributed by atoms with Crippen LogP contribution in [0.4, 0.5) is 5.82 Å². The quantitative estimate of drug-likeness (QED) is 0.553. The minimum absolute atomic E-state index is 0.0647. The van der Waals surface area contributed by atoms with Crippen molar-refractivity contribution in [3.05, 3.63) is 70.8 Å². The molecule has 0 aliphatic carbocycles. The molecule has 172 valence electrons. The van der Waals surface area contributed by atoms with Gasteiger partial charge in [0.05, 0.1) is 24.6 Å². The molecule has 33 heavy (non-hydrogen) atoms. The number of ketones is 1. The van der Waals surface area contributed by atoms with Crippen LogP contribution in [0.1, 0.15) is 29.6 Å². The van der Waals surface area contributed by atoms with Gasteiger partial charge in [-0.15, -0.1) is 0 Å². The maximum absolute atomic E-state index is 13.2. The number of likely N-dealkylation sites (tertiary alicyclic amines) is 1. The summed E-state index contributed by atoms with van der Waals surface area (Å²) in [5.41, 5.74) is 7.22. The average Bonchev–Trinajstić information content (AvgIpc) is 3.24. The molecule has 1 aliphatic rings. The van der Waals surface area contributed by atoms with Crippen molar-refractivity contribution in [3.63, 3.8) is 0 Å². The number of carbonyl (C=O) groups excluding carboxylic acids is 2. The number of nitrogens with zero attached hydrogens (tertiary/aromatic N) is 4. The van der Waals surface area contributed by atoms with E-state index in [2.05, 4.69) is 5.10 Å². The zero-order valence-corrected chi connectivity index (χ0v) is 18.5. The third kappa shape index (κ3) is 4.82. The molecular formula is C24H27N5O4. The molecule has 9 nitrogen and oxygen atoms in total. The molecule has 0 bridgehead atoms. The molecule has 0 saturated carbocycles. The number of hydrogen-bond acceptors (Lipinski definition) is 6. The summed E-state index contributed by atoms with van der Waals surface area (Å²) in [7, 11) is 1.59. The van der Waals surface area contributed by atoms with Gasteiger partial charge < -0.3 is 19.9 Å². The number of anilines is 1. The fourth-order valence-electron chi connectivity index (χ4n) is 4.13. The van der Waals surface area contributed by atoms with Crippen LogP contribution in [0.15, 0.2) is 59.7 Å². The lowest BCUT2D eigenvalue weighted by molar-refractivity contribution is -0.132. The Balaban J connectivity index is 1.42. The van der Waals surface area contributed by atoms with Gasteiger partial charge in [-0.3, -0.25) is 14.4 Å². The number of rotatable bonds is 7. The summed E-state index contributed by atoms with van der Waals surface area (Å²) in [6, 6.07) is 12.1. The van der Waals surface area contributed by atoms with E-state index < -0.39 is 0 Å². The highest BCUT2D eigenvalue weighted by molar-refractivity contribution is 6.02. The number of aryl methyl sites for hydroxylation is 1. The maximum Gasteiger partial charge on any atom is 0.250 e. The lowest BCUT2D eigenvalue weighted by Gasteiger charge is -2.32. The number of Topliss-reactive ketones (excluding diaryl/α,β-unsaturated/α-hetero) is 1. The summed E-state index contributed by atoms with van der Waals surface area (Å²) >= 11 is 0. The Morgan fingerprint density at radius 1 is 1.18 bits per heavy atom. The van der Waals surface area contributed by atoms with Gasteiger partial charge in [-0.25, -0.2) is 4.68 Å². The minimum Gasteiger partial charge on any atom is -0.497 e. The molecule has 3 aromatic rings. The fourth-order valence-corrected chi connectivity index (χ4v) is 4.13. The van der Waals surface area contributed by atoms with Crippen LogP contribution < -0.4 is 16.0 Å². The summed E-state index contributed by atoms with van der Waals surface area (Å²) in [5.74, 6) is 0.481. The van der Waals surface area contributed by atoms with E-state index >= 15 is 0 Å². The molecule has 0 radical (unpaired) electrons. The Bertz CT molecular complexity index is 1200. The SMILES string of the molecule is COc1ccc(-n2ncc(C(=O)C3CCCN(C(=O)CCn4ccccc4=O)C3)c2N)cc1. The predicted molar refractivity (Wildman–Crippen MR) is 123 cm³/mol. The molecule has 1 saturated heterocycles. The Morgan fingerprint density at radius 3 is 2.70 bits per heavy atom. The summed E-state index contributed by atoms with van der Waals surface area (Å²) < 4.78 is 8.21. The lowest BCUT2D eigenvalue weighted by atomic mass is 9.90. The van der Waals surface area contributed by atoms with Crippen molar-refractivity contribution in [2.75, 3.05) is 25.9 Å². The first-order valence-corrected chi connectivity index (χ1v) is 10.9. The highest BCUT2D eigenvalue weighted by atomic mass is 16.5. The van der Waals surface area contributed by atoms with Crippen molar-refractivity contribution in [1.82, 2.24) is 19.2 Å². The monoisotopic (exact) mass is 449 g/mol. The van der Waals surface area contributed by atoms with Crippen molar-refractivity contribution in [1.29, 1.82) is 0 Å². The summed E-state index contributed by atoms with van der Waals surface area (Å²) in [6.07, 6.45) is 4.79. The molecule has 2 N–H and O–H groups in total. The molecule has 1 fully saturated rings. The van der Waals surface area contributed by atoms with Gasteiger partial charge in [0.25, 0.3) is 5.56 Å². The number of piperidine rings is 1. The first kappa shape index (κ1) is 22.3. The van der Waals surface area contributed by atoms with Crippen LogP contribution in [-0.4, -0.2) is 51.1 Å². The number of amides is 1. The van der Waals surface area contributed by atoms with Crippen molar-refractivity contribution in [2.24, 2.45) is 5.92 Å². The molecule has 0 spiro atoms. The largest absolute Gasteiger partial charge is 0.497 e. The molecule has 1 atom stereocenters. The van der Waals surface area contributed by atoms with Gasteiger partial charge in [-0.2, -0.15) is 5.10 Å². The third-order valence-electron chi connectivity index (χ3n) is 6.00. The third-order valence-corrected chi connectivity index (χ3v) is 6.00. The standard InChI is InChI=1S/C24H27N5O4/c1-33-19-9-7-18(8-10-19)29-24(25)20(15-26-29)23(32)17-5-4-13-28(16-17)22(31)11-14-27-12-3-2-6-21(27)30/h2-3,6-10,12,15,17H,4-5,11,13-14,16,25H2,1H3. The smallest absolute Gasteiger partial charge is 0.250 e. The van der Waals surface area contributed by atoms with E-state index in [0.717, 1.165) is 12.1 Å². The molecule has 4 rings (SSSR count). The number of pyridine rings is 1. The molecule has 2 aromatic heterocycles. The van der Waals surface area contributed by atoms with Crippen LogP contribution in [0, 0.1) is 5.92 Å². The molecule has 1 amide bonds. The van der Waals surface area contributed by atoms with Crippen LogP contribution in [0.25, 0.3) is 5.69 Å². The normalized spacial score (nSPS) is 15.9. The minimum atomic E-state index is -0.335. The average molecular weight is 450 g/mol. The topological polar surface area (TPSA) is 112 Å². The van der Waals surface area contributed by atoms with E-state index in [0.29, 0.717) is 37.4 Å². The first-order chi connectivity index (χ1) is 16.0. The maximum atomic E-state index is 13.2. The van der Waals surface area contributed by atoms with Crippen LogP contribution in [-0.2, 0) is 11.3 Å². The van der Waals surface area contributed by atoms with E-state index in [4.69, 9.17) is 10.5 Å². The van der Waals surface area contributed by atoms with E-state index in [-0.39, 0.29) is 35.4 Å². The number of hydrogen-bond donors (Lipinski definition) is 1. The van der Waals surface area contributed by atoms with E-state index in [9.17, 15) is 14.4 Å². The molecule has 3 heterocycles. The summed E-state index contributed by atoms with van der Waals surface area (Å²) in [5, 5.41) is 4.30. The van der Waals surface area contributed by atoms with Gasteiger partial charge in [0.2, 0.25) is 5.91 Å². The highest BCUT2D eigenvalue weighted by Crippen LogP contribution is 2.26. The van der Waals surface area contributed by atoms with Crippen molar-refractivity contribution in [3.8, 4) is 11.4 Å². The van der Waals surface area contributed by atoms with Crippen LogP contribution in [0.2, 0.25) is 0 Å². The molecule has 1 unspecified atom stereocenters. The van der Waals surface area contributed by atoms with E-state index in [1.54, 1.807) is 42.5 Å². The second-order valence-corrected chi connectivity index (χ2v) is 8.08. The molecule has 1 aliphatic heterocycles. The number of ether oxygens (including phenoxy) is 1. The van der Waals surface area contributed by atoms with Gasteiger partial charge in [0.15, 0.2) is 5.78 Å². The van der Waals surface area contributed by atoms with Crippen LogP contribution in [0.5, 0.6) is 5.75 Å². The van der Waals surface area contributed by atoms with Gasteiger partial charge in [0, 0.05) is 44.2 Å². The number of nitrogen functional groups attached to an aromatic ring is 1. The summed E-state index contributed by atoms with van der Waals surface area (Å²) in [4.78, 5) is 39.5. The van der Waals surface area contributed by atoms with Crippen molar-refractivity contribution in [2.45, 2.75) is 25.8 Å². The van der Waals surface area contributed by atoms with Crippen molar-refractivity contribution < 1.29 is 14.3 Å².